The minimum Gasteiger partial charge on any atom is -0.392 e. The number of hydrogen-bond donors (Lipinski definition) is 2. The van der Waals surface area contributed by atoms with Crippen LogP contribution in [0.15, 0.2) is 53.6 Å². The molecule has 0 amide bonds. The van der Waals surface area contributed by atoms with Crippen LogP contribution in [0, 0.1) is 6.92 Å². The summed E-state index contributed by atoms with van der Waals surface area (Å²) in [5, 5.41) is 13.2. The molecule has 42 heavy (non-hydrogen) atoms. The van der Waals surface area contributed by atoms with Crippen molar-refractivity contribution in [2.45, 2.75) is 58.7 Å². The Morgan fingerprint density at radius 3 is 2.33 bits per heavy atom. The maximum atomic E-state index is 13.5. The van der Waals surface area contributed by atoms with Gasteiger partial charge in [-0.05, 0) is 55.5 Å². The number of aliphatic hydroxyl groups is 1. The Morgan fingerprint density at radius 2 is 1.69 bits per heavy atom. The molecule has 0 bridgehead atoms. The van der Waals surface area contributed by atoms with Crippen molar-refractivity contribution in [3.63, 3.8) is 0 Å². The number of carbonyl (C=O) groups is 1. The number of Topliss-reactive ketones (excluding diaryl/α,β-unsaturated/α-hetero) is 1. The van der Waals surface area contributed by atoms with Crippen LogP contribution in [-0.2, 0) is 13.2 Å². The number of aromatic nitrogens is 4. The van der Waals surface area contributed by atoms with Crippen LogP contribution in [0.2, 0.25) is 0 Å². The Balaban J connectivity index is 1.15. The smallest absolute Gasteiger partial charge is 0.263 e. The summed E-state index contributed by atoms with van der Waals surface area (Å²) in [6.45, 7) is 7.89. The van der Waals surface area contributed by atoms with Gasteiger partial charge in [-0.15, -0.1) is 0 Å². The molecule has 2 N–H and O–H groups in total. The molecule has 0 unspecified atom stereocenters. The van der Waals surface area contributed by atoms with E-state index in [4.69, 9.17) is 9.97 Å². The molecule has 3 aromatic heterocycles. The van der Waals surface area contributed by atoms with Gasteiger partial charge < -0.3 is 15.3 Å². The van der Waals surface area contributed by atoms with Gasteiger partial charge in [-0.3, -0.25) is 19.1 Å². The molecule has 6 rings (SSSR count). The molecule has 4 aromatic rings. The van der Waals surface area contributed by atoms with E-state index in [1.165, 1.54) is 12.5 Å². The summed E-state index contributed by atoms with van der Waals surface area (Å²) in [5.41, 5.74) is 4.12. The van der Waals surface area contributed by atoms with Crippen LogP contribution in [0.4, 0.5) is 17.5 Å². The first-order valence-electron chi connectivity index (χ1n) is 14.7. The highest BCUT2D eigenvalue weighted by Gasteiger charge is 2.26. The number of nitrogens with one attached hydrogen (secondary N) is 1. The largest absolute Gasteiger partial charge is 0.392 e. The van der Waals surface area contributed by atoms with Crippen LogP contribution >= 0.6 is 0 Å². The van der Waals surface area contributed by atoms with Crippen molar-refractivity contribution in [2.24, 2.45) is 0 Å². The first-order chi connectivity index (χ1) is 20.4. The van der Waals surface area contributed by atoms with E-state index in [-0.39, 0.29) is 29.6 Å². The number of fused-ring (bicyclic) bond motifs is 1. The predicted molar refractivity (Wildman–Crippen MR) is 163 cm³/mol. The van der Waals surface area contributed by atoms with Gasteiger partial charge in [0, 0.05) is 50.3 Å². The van der Waals surface area contributed by atoms with Crippen molar-refractivity contribution in [1.29, 1.82) is 0 Å². The third-order valence-corrected chi connectivity index (χ3v) is 8.56. The highest BCUT2D eigenvalue weighted by molar-refractivity contribution is 5.99. The first kappa shape index (κ1) is 28.0. The number of piperazine rings is 1. The summed E-state index contributed by atoms with van der Waals surface area (Å²) >= 11 is 0. The first-order valence-corrected chi connectivity index (χ1v) is 14.7. The molecule has 2 aliphatic rings. The molecule has 10 heteroatoms. The van der Waals surface area contributed by atoms with E-state index in [0.717, 1.165) is 80.9 Å². The minimum absolute atomic E-state index is 0.0367. The third kappa shape index (κ3) is 5.64. The van der Waals surface area contributed by atoms with Crippen molar-refractivity contribution in [1.82, 2.24) is 24.4 Å². The number of pyridine rings is 2. The zero-order valence-electron chi connectivity index (χ0n) is 24.2. The number of aliphatic hydroxyl groups excluding tert-OH is 1. The highest BCUT2D eigenvalue weighted by atomic mass is 16.3. The zero-order chi connectivity index (χ0) is 29.2. The van der Waals surface area contributed by atoms with Crippen LogP contribution in [0.3, 0.4) is 0 Å². The van der Waals surface area contributed by atoms with E-state index in [1.54, 1.807) is 23.9 Å². The highest BCUT2D eigenvalue weighted by Crippen LogP contribution is 2.32. The second-order valence-corrected chi connectivity index (χ2v) is 11.4. The molecular formula is C32H37N7O3. The van der Waals surface area contributed by atoms with Crippen molar-refractivity contribution >= 4 is 34.3 Å². The lowest BCUT2D eigenvalue weighted by molar-refractivity contribution is 0.101. The molecule has 10 nitrogen and oxygen atoms in total. The van der Waals surface area contributed by atoms with Gasteiger partial charge in [0.05, 0.1) is 24.1 Å². The number of ketones is 1. The lowest BCUT2D eigenvalue weighted by Crippen LogP contribution is -2.46. The van der Waals surface area contributed by atoms with Crippen LogP contribution in [0.5, 0.6) is 0 Å². The monoisotopic (exact) mass is 567 g/mol. The summed E-state index contributed by atoms with van der Waals surface area (Å²) < 4.78 is 1.73. The average Bonchev–Trinajstić information content (AvgIpc) is 3.53. The van der Waals surface area contributed by atoms with E-state index in [2.05, 4.69) is 32.2 Å². The summed E-state index contributed by atoms with van der Waals surface area (Å²) in [6, 6.07) is 12.1. The molecule has 0 radical (unpaired) electrons. The van der Waals surface area contributed by atoms with Gasteiger partial charge in [-0.25, -0.2) is 9.97 Å². The number of benzene rings is 1. The Bertz CT molecular complexity index is 1640. The van der Waals surface area contributed by atoms with E-state index in [1.807, 2.05) is 24.3 Å². The summed E-state index contributed by atoms with van der Waals surface area (Å²) in [7, 11) is 0. The number of carbonyl (C=O) groups excluding carboxylic acids is 1. The van der Waals surface area contributed by atoms with E-state index in [9.17, 15) is 14.7 Å². The van der Waals surface area contributed by atoms with Gasteiger partial charge >= 0.3 is 0 Å². The van der Waals surface area contributed by atoms with Gasteiger partial charge in [-0.2, -0.15) is 4.98 Å². The average molecular weight is 568 g/mol. The number of nitrogens with zero attached hydrogens (tertiary/aromatic N) is 6. The normalized spacial score (nSPS) is 16.3. The molecular weight excluding hydrogens is 530 g/mol. The Kier molecular flexibility index (Phi) is 7.99. The number of anilines is 3. The quantitative estimate of drug-likeness (QED) is 0.299. The van der Waals surface area contributed by atoms with Crippen molar-refractivity contribution in [3.8, 4) is 0 Å². The van der Waals surface area contributed by atoms with Gasteiger partial charge in [0.2, 0.25) is 5.95 Å². The number of hydrogen-bond acceptors (Lipinski definition) is 9. The van der Waals surface area contributed by atoms with Gasteiger partial charge in [0.25, 0.3) is 5.56 Å². The van der Waals surface area contributed by atoms with Gasteiger partial charge in [0.1, 0.15) is 11.5 Å². The number of rotatable bonds is 8. The molecule has 1 aliphatic heterocycles. The summed E-state index contributed by atoms with van der Waals surface area (Å²) in [4.78, 5) is 44.6. The van der Waals surface area contributed by atoms with Gasteiger partial charge in [0.15, 0.2) is 5.78 Å². The standard InChI is InChI=1S/C32H37N7O3/c1-21-27-18-34-32(36-30(27)39(26-5-3-4-6-26)31(42)29(21)22(2)41)35-25-11-12-28(33-17-25)38-15-13-37(14-16-38)19-23-7-9-24(20-40)10-8-23/h7-12,17-18,26,40H,3-6,13-16,19-20H2,1-2H3,(H,34,35,36). The second-order valence-electron chi connectivity index (χ2n) is 11.4. The Labute approximate surface area is 245 Å². The summed E-state index contributed by atoms with van der Waals surface area (Å²) in [6.07, 6.45) is 7.42. The molecule has 4 heterocycles. The van der Waals surface area contributed by atoms with Gasteiger partial charge in [-0.1, -0.05) is 37.1 Å². The molecule has 1 saturated heterocycles. The van der Waals surface area contributed by atoms with E-state index in [0.29, 0.717) is 17.2 Å². The molecule has 2 fully saturated rings. The maximum Gasteiger partial charge on any atom is 0.263 e. The lowest BCUT2D eigenvalue weighted by Gasteiger charge is -2.35. The lowest BCUT2D eigenvalue weighted by atomic mass is 10.0. The predicted octanol–water partition coefficient (Wildman–Crippen LogP) is 4.37. The van der Waals surface area contributed by atoms with E-state index >= 15 is 0 Å². The SMILES string of the molecule is CC(=O)c1c(C)c2cnc(Nc3ccc(N4CCN(Cc5ccc(CO)cc5)CC4)nc3)nc2n(C2CCCC2)c1=O. The molecule has 218 valence electrons. The van der Waals surface area contributed by atoms with Crippen molar-refractivity contribution < 1.29 is 9.90 Å². The van der Waals surface area contributed by atoms with Crippen LogP contribution < -0.4 is 15.8 Å². The van der Waals surface area contributed by atoms with Crippen molar-refractivity contribution in [2.75, 3.05) is 36.4 Å². The third-order valence-electron chi connectivity index (χ3n) is 8.56. The second kappa shape index (κ2) is 12.0. The fourth-order valence-corrected chi connectivity index (χ4v) is 6.23. The van der Waals surface area contributed by atoms with Crippen molar-refractivity contribution in [3.05, 3.63) is 81.4 Å². The maximum absolute atomic E-state index is 13.5. The van der Waals surface area contributed by atoms with E-state index < -0.39 is 0 Å². The summed E-state index contributed by atoms with van der Waals surface area (Å²) in [5.74, 6) is 1.09. The minimum atomic E-state index is -0.255. The molecule has 1 aromatic carbocycles. The molecule has 1 saturated carbocycles. The number of aryl methyl sites for hydroxylation is 1. The van der Waals surface area contributed by atoms with Crippen LogP contribution in [0.25, 0.3) is 11.0 Å². The molecule has 1 aliphatic carbocycles. The zero-order valence-corrected chi connectivity index (χ0v) is 24.2. The Hall–Kier alpha value is -4.15. The molecule has 0 spiro atoms. The Morgan fingerprint density at radius 1 is 0.976 bits per heavy atom. The van der Waals surface area contributed by atoms with Crippen LogP contribution in [0.1, 0.15) is 65.7 Å². The fraction of sp³-hybridized carbons (Fsp3) is 0.406. The van der Waals surface area contributed by atoms with Crippen LogP contribution in [-0.4, -0.2) is 61.5 Å². The fourth-order valence-electron chi connectivity index (χ4n) is 6.23. The topological polar surface area (TPSA) is 116 Å². The molecule has 0 atom stereocenters.